The van der Waals surface area contributed by atoms with E-state index in [1.165, 1.54) is 4.90 Å². The molecule has 0 atom stereocenters. The number of thioether (sulfide) groups is 1. The van der Waals surface area contributed by atoms with Gasteiger partial charge in [0.15, 0.2) is 0 Å². The molecule has 0 fully saturated rings. The lowest BCUT2D eigenvalue weighted by molar-refractivity contribution is -0.115. The van der Waals surface area contributed by atoms with Crippen LogP contribution in [-0.4, -0.2) is 11.7 Å². The summed E-state index contributed by atoms with van der Waals surface area (Å²) in [4.78, 5) is 13.6. The first-order chi connectivity index (χ1) is 11.3. The molecule has 1 amide bonds. The highest BCUT2D eigenvalue weighted by molar-refractivity contribution is 7.99. The van der Waals surface area contributed by atoms with Gasteiger partial charge in [0.25, 0.3) is 0 Å². The Balaban J connectivity index is 1.71. The fourth-order valence-electron chi connectivity index (χ4n) is 2.58. The van der Waals surface area contributed by atoms with Gasteiger partial charge in [-0.05, 0) is 34.9 Å². The van der Waals surface area contributed by atoms with E-state index in [2.05, 4.69) is 36.5 Å². The monoisotopic (exact) mass is 321 g/mol. The summed E-state index contributed by atoms with van der Waals surface area (Å²) in [6.45, 7) is 2.14. The number of amides is 1. The molecule has 0 aliphatic heterocycles. The van der Waals surface area contributed by atoms with Crippen molar-refractivity contribution in [2.45, 2.75) is 18.2 Å². The van der Waals surface area contributed by atoms with E-state index < -0.39 is 0 Å². The molecule has 0 spiro atoms. The minimum absolute atomic E-state index is 0.0113. The Morgan fingerprint density at radius 3 is 2.48 bits per heavy atom. The molecule has 0 aliphatic carbocycles. The van der Waals surface area contributed by atoms with E-state index in [9.17, 15) is 4.79 Å². The molecule has 0 aliphatic rings. The van der Waals surface area contributed by atoms with Gasteiger partial charge in [-0.25, -0.2) is 0 Å². The van der Waals surface area contributed by atoms with E-state index in [4.69, 9.17) is 0 Å². The summed E-state index contributed by atoms with van der Waals surface area (Å²) in [5.41, 5.74) is 1.90. The van der Waals surface area contributed by atoms with Crippen LogP contribution >= 0.6 is 11.8 Å². The number of fused-ring (bicyclic) bond motifs is 1. The zero-order chi connectivity index (χ0) is 16.1. The van der Waals surface area contributed by atoms with Crippen molar-refractivity contribution in [3.8, 4) is 0 Å². The quantitative estimate of drug-likeness (QED) is 0.660. The Morgan fingerprint density at radius 2 is 1.70 bits per heavy atom. The van der Waals surface area contributed by atoms with Gasteiger partial charge in [0.05, 0.1) is 6.42 Å². The maximum Gasteiger partial charge on any atom is 0.228 e. The Morgan fingerprint density at radius 1 is 0.957 bits per heavy atom. The molecular formula is C20H19NOS. The van der Waals surface area contributed by atoms with Gasteiger partial charge < -0.3 is 5.32 Å². The Kier molecular flexibility index (Phi) is 4.99. The zero-order valence-electron chi connectivity index (χ0n) is 13.1. The third kappa shape index (κ3) is 3.93. The molecule has 3 rings (SSSR count). The molecule has 1 N–H and O–H groups in total. The highest BCUT2D eigenvalue weighted by atomic mass is 32.2. The smallest absolute Gasteiger partial charge is 0.228 e. The van der Waals surface area contributed by atoms with E-state index >= 15 is 0 Å². The van der Waals surface area contributed by atoms with Gasteiger partial charge in [0.1, 0.15) is 0 Å². The second-order valence-corrected chi connectivity index (χ2v) is 6.67. The van der Waals surface area contributed by atoms with Gasteiger partial charge in [-0.1, -0.05) is 55.5 Å². The number of carbonyl (C=O) groups is 1. The summed E-state index contributed by atoms with van der Waals surface area (Å²) in [5.74, 6) is 1.07. The van der Waals surface area contributed by atoms with Crippen molar-refractivity contribution >= 4 is 34.1 Å². The number of rotatable bonds is 5. The van der Waals surface area contributed by atoms with Crippen molar-refractivity contribution in [1.29, 1.82) is 0 Å². The molecule has 0 aromatic heterocycles. The Bertz CT molecular complexity index is 806. The number of anilines is 1. The van der Waals surface area contributed by atoms with Crippen LogP contribution < -0.4 is 5.32 Å². The van der Waals surface area contributed by atoms with Crippen LogP contribution in [0, 0.1) is 0 Å². The van der Waals surface area contributed by atoms with Crippen LogP contribution in [0.1, 0.15) is 12.5 Å². The van der Waals surface area contributed by atoms with Crippen LogP contribution in [-0.2, 0) is 11.2 Å². The summed E-state index contributed by atoms with van der Waals surface area (Å²) in [6.07, 6.45) is 0.389. The minimum atomic E-state index is 0.0113. The first-order valence-corrected chi connectivity index (χ1v) is 8.74. The molecular weight excluding hydrogens is 302 g/mol. The maximum atomic E-state index is 12.3. The highest BCUT2D eigenvalue weighted by Gasteiger charge is 2.07. The fourth-order valence-corrected chi connectivity index (χ4v) is 3.25. The molecule has 0 saturated carbocycles. The van der Waals surface area contributed by atoms with Crippen LogP contribution in [0.15, 0.2) is 71.6 Å². The molecule has 0 heterocycles. The van der Waals surface area contributed by atoms with Gasteiger partial charge in [-0.15, -0.1) is 11.8 Å². The van der Waals surface area contributed by atoms with Crippen molar-refractivity contribution in [1.82, 2.24) is 0 Å². The molecule has 3 aromatic carbocycles. The summed E-state index contributed by atoms with van der Waals surface area (Å²) >= 11 is 1.81. The van der Waals surface area contributed by atoms with E-state index in [-0.39, 0.29) is 5.91 Å². The lowest BCUT2D eigenvalue weighted by atomic mass is 10.1. The van der Waals surface area contributed by atoms with E-state index in [0.717, 1.165) is 27.8 Å². The van der Waals surface area contributed by atoms with Gasteiger partial charge in [0.2, 0.25) is 5.91 Å². The molecule has 0 unspecified atom stereocenters. The number of hydrogen-bond donors (Lipinski definition) is 1. The predicted octanol–water partition coefficient (Wildman–Crippen LogP) is 5.13. The van der Waals surface area contributed by atoms with Crippen LogP contribution in [0.4, 0.5) is 5.69 Å². The third-order valence-corrected chi connectivity index (χ3v) is 4.56. The molecule has 2 nitrogen and oxygen atoms in total. The van der Waals surface area contributed by atoms with Crippen LogP contribution in [0.2, 0.25) is 0 Å². The van der Waals surface area contributed by atoms with E-state index in [1.54, 1.807) is 11.8 Å². The standard InChI is InChI=1S/C20H19NOS/c1-2-23-17-12-10-15(11-13-17)14-20(22)21-19-9-5-7-16-6-3-4-8-18(16)19/h3-13H,2,14H2,1H3,(H,21,22). The number of nitrogens with one attached hydrogen (secondary N) is 1. The molecule has 3 aromatic rings. The lowest BCUT2D eigenvalue weighted by Gasteiger charge is -2.09. The summed E-state index contributed by atoms with van der Waals surface area (Å²) in [6, 6.07) is 22.2. The number of benzene rings is 3. The minimum Gasteiger partial charge on any atom is -0.325 e. The molecule has 3 heteroatoms. The normalized spacial score (nSPS) is 10.7. The topological polar surface area (TPSA) is 29.1 Å². The summed E-state index contributed by atoms with van der Waals surface area (Å²) in [5, 5.41) is 5.23. The van der Waals surface area contributed by atoms with Crippen LogP contribution in [0.5, 0.6) is 0 Å². The number of carbonyl (C=O) groups excluding carboxylic acids is 1. The second-order valence-electron chi connectivity index (χ2n) is 5.33. The van der Waals surface area contributed by atoms with Crippen LogP contribution in [0.3, 0.4) is 0 Å². The lowest BCUT2D eigenvalue weighted by Crippen LogP contribution is -2.14. The fraction of sp³-hybridized carbons (Fsp3) is 0.150. The molecule has 23 heavy (non-hydrogen) atoms. The van der Waals surface area contributed by atoms with E-state index in [1.807, 2.05) is 42.5 Å². The first-order valence-electron chi connectivity index (χ1n) is 7.75. The largest absolute Gasteiger partial charge is 0.325 e. The van der Waals surface area contributed by atoms with Crippen LogP contribution in [0.25, 0.3) is 10.8 Å². The van der Waals surface area contributed by atoms with Gasteiger partial charge in [-0.3, -0.25) is 4.79 Å². The summed E-state index contributed by atoms with van der Waals surface area (Å²) in [7, 11) is 0. The maximum absolute atomic E-state index is 12.3. The van der Waals surface area contributed by atoms with Crippen molar-refractivity contribution in [3.63, 3.8) is 0 Å². The van der Waals surface area contributed by atoms with Crippen molar-refractivity contribution in [2.24, 2.45) is 0 Å². The van der Waals surface area contributed by atoms with Crippen molar-refractivity contribution in [3.05, 3.63) is 72.3 Å². The average Bonchev–Trinajstić information content (AvgIpc) is 2.57. The first kappa shape index (κ1) is 15.6. The predicted molar refractivity (Wildman–Crippen MR) is 99.1 cm³/mol. The average molecular weight is 321 g/mol. The molecule has 0 radical (unpaired) electrons. The van der Waals surface area contributed by atoms with Gasteiger partial charge in [-0.2, -0.15) is 0 Å². The van der Waals surface area contributed by atoms with Gasteiger partial charge >= 0.3 is 0 Å². The van der Waals surface area contributed by atoms with E-state index in [0.29, 0.717) is 6.42 Å². The highest BCUT2D eigenvalue weighted by Crippen LogP contribution is 2.23. The zero-order valence-corrected chi connectivity index (χ0v) is 13.9. The Labute approximate surface area is 140 Å². The Hall–Kier alpha value is -2.26. The molecule has 0 saturated heterocycles. The second kappa shape index (κ2) is 7.34. The molecule has 0 bridgehead atoms. The molecule has 116 valence electrons. The number of hydrogen-bond acceptors (Lipinski definition) is 2. The van der Waals surface area contributed by atoms with Gasteiger partial charge in [0, 0.05) is 16.0 Å². The SMILES string of the molecule is CCSc1ccc(CC(=O)Nc2cccc3ccccc23)cc1. The third-order valence-electron chi connectivity index (χ3n) is 3.66. The van der Waals surface area contributed by atoms with Crippen molar-refractivity contribution in [2.75, 3.05) is 11.1 Å². The summed E-state index contributed by atoms with van der Waals surface area (Å²) < 4.78 is 0. The van der Waals surface area contributed by atoms with Crippen molar-refractivity contribution < 1.29 is 4.79 Å².